The predicted octanol–water partition coefficient (Wildman–Crippen LogP) is 3.34. The summed E-state index contributed by atoms with van der Waals surface area (Å²) in [5.41, 5.74) is 1.91. The third kappa shape index (κ3) is 2.88. The number of hydrogen-bond donors (Lipinski definition) is 2. The zero-order chi connectivity index (χ0) is 12.1. The van der Waals surface area contributed by atoms with Crippen LogP contribution >= 0.6 is 0 Å². The summed E-state index contributed by atoms with van der Waals surface area (Å²) in [6.45, 7) is 2.17. The molecule has 0 saturated carbocycles. The molecule has 2 aromatic rings. The molecule has 1 aromatic heterocycles. The maximum Gasteiger partial charge on any atom is 0.125 e. The molecular formula is C14H17NO2. The zero-order valence-electron chi connectivity index (χ0n) is 9.89. The number of aliphatic hydroxyl groups excluding tert-OH is 1. The summed E-state index contributed by atoms with van der Waals surface area (Å²) in [6, 6.07) is 11.8. The van der Waals surface area contributed by atoms with Crippen LogP contribution in [0.5, 0.6) is 0 Å². The first kappa shape index (κ1) is 11.7. The number of nitrogens with one attached hydrogen (secondary N) is 1. The monoisotopic (exact) mass is 231 g/mol. The van der Waals surface area contributed by atoms with Crippen molar-refractivity contribution in [1.82, 2.24) is 0 Å². The Hall–Kier alpha value is -1.74. The van der Waals surface area contributed by atoms with E-state index in [1.165, 1.54) is 0 Å². The molecule has 0 aliphatic carbocycles. The Bertz CT molecular complexity index is 451. The van der Waals surface area contributed by atoms with Crippen LogP contribution in [0.2, 0.25) is 0 Å². The molecular weight excluding hydrogens is 214 g/mol. The lowest BCUT2D eigenvalue weighted by molar-refractivity contribution is 0.282. The SMILES string of the molecule is CCC(Nc1cccc(CO)c1)c1ccco1. The summed E-state index contributed by atoms with van der Waals surface area (Å²) in [4.78, 5) is 0. The summed E-state index contributed by atoms with van der Waals surface area (Å²) in [5, 5.41) is 12.5. The summed E-state index contributed by atoms with van der Waals surface area (Å²) in [6.07, 6.45) is 2.63. The van der Waals surface area contributed by atoms with Crippen molar-refractivity contribution in [2.24, 2.45) is 0 Å². The Balaban J connectivity index is 2.13. The molecule has 0 saturated heterocycles. The second kappa shape index (κ2) is 5.55. The highest BCUT2D eigenvalue weighted by atomic mass is 16.3. The van der Waals surface area contributed by atoms with E-state index in [4.69, 9.17) is 9.52 Å². The molecule has 3 nitrogen and oxygen atoms in total. The Kier molecular flexibility index (Phi) is 3.83. The summed E-state index contributed by atoms with van der Waals surface area (Å²) < 4.78 is 5.40. The highest BCUT2D eigenvalue weighted by molar-refractivity contribution is 5.47. The second-order valence-electron chi connectivity index (χ2n) is 3.98. The van der Waals surface area contributed by atoms with Gasteiger partial charge in [-0.3, -0.25) is 0 Å². The van der Waals surface area contributed by atoms with Gasteiger partial charge in [-0.25, -0.2) is 0 Å². The number of rotatable bonds is 5. The second-order valence-corrected chi connectivity index (χ2v) is 3.98. The van der Waals surface area contributed by atoms with Crippen LogP contribution in [0, 0.1) is 0 Å². The summed E-state index contributed by atoms with van der Waals surface area (Å²) >= 11 is 0. The smallest absolute Gasteiger partial charge is 0.125 e. The maximum absolute atomic E-state index is 9.09. The Morgan fingerprint density at radius 1 is 1.29 bits per heavy atom. The molecule has 1 heterocycles. The largest absolute Gasteiger partial charge is 0.467 e. The van der Waals surface area contributed by atoms with Crippen molar-refractivity contribution in [3.8, 4) is 0 Å². The first-order valence-electron chi connectivity index (χ1n) is 5.83. The van der Waals surface area contributed by atoms with Gasteiger partial charge in [0.25, 0.3) is 0 Å². The highest BCUT2D eigenvalue weighted by Gasteiger charge is 2.11. The molecule has 0 aliphatic heterocycles. The number of hydrogen-bond acceptors (Lipinski definition) is 3. The van der Waals surface area contributed by atoms with Gasteiger partial charge in [-0.2, -0.15) is 0 Å². The van der Waals surface area contributed by atoms with Crippen molar-refractivity contribution in [2.75, 3.05) is 5.32 Å². The van der Waals surface area contributed by atoms with E-state index in [1.54, 1.807) is 6.26 Å². The third-order valence-corrected chi connectivity index (χ3v) is 2.75. The molecule has 0 radical (unpaired) electrons. The normalized spacial score (nSPS) is 12.4. The van der Waals surface area contributed by atoms with Crippen molar-refractivity contribution in [3.05, 3.63) is 54.0 Å². The van der Waals surface area contributed by atoms with E-state index in [-0.39, 0.29) is 12.6 Å². The molecule has 0 amide bonds. The van der Waals surface area contributed by atoms with Gasteiger partial charge in [-0.05, 0) is 36.2 Å². The Morgan fingerprint density at radius 2 is 2.18 bits per heavy atom. The number of aliphatic hydroxyl groups is 1. The Morgan fingerprint density at radius 3 is 2.82 bits per heavy atom. The van der Waals surface area contributed by atoms with E-state index in [9.17, 15) is 0 Å². The van der Waals surface area contributed by atoms with Crippen LogP contribution < -0.4 is 5.32 Å². The lowest BCUT2D eigenvalue weighted by atomic mass is 10.1. The summed E-state index contributed by atoms with van der Waals surface area (Å²) in [7, 11) is 0. The van der Waals surface area contributed by atoms with Crippen molar-refractivity contribution >= 4 is 5.69 Å². The van der Waals surface area contributed by atoms with E-state index in [0.29, 0.717) is 0 Å². The fourth-order valence-corrected chi connectivity index (χ4v) is 1.82. The van der Waals surface area contributed by atoms with Crippen molar-refractivity contribution in [3.63, 3.8) is 0 Å². The van der Waals surface area contributed by atoms with Gasteiger partial charge < -0.3 is 14.8 Å². The molecule has 0 bridgehead atoms. The van der Waals surface area contributed by atoms with Gasteiger partial charge >= 0.3 is 0 Å². The van der Waals surface area contributed by atoms with Crippen LogP contribution in [0.15, 0.2) is 47.1 Å². The molecule has 1 atom stereocenters. The molecule has 3 heteroatoms. The lowest BCUT2D eigenvalue weighted by Crippen LogP contribution is -2.08. The van der Waals surface area contributed by atoms with E-state index in [1.807, 2.05) is 36.4 Å². The van der Waals surface area contributed by atoms with Crippen molar-refractivity contribution < 1.29 is 9.52 Å². The van der Waals surface area contributed by atoms with Gasteiger partial charge in [0.05, 0.1) is 18.9 Å². The van der Waals surface area contributed by atoms with E-state index in [0.717, 1.165) is 23.4 Å². The standard InChI is InChI=1S/C14H17NO2/c1-2-13(14-7-4-8-17-14)15-12-6-3-5-11(9-12)10-16/h3-9,13,15-16H,2,10H2,1H3. The van der Waals surface area contributed by atoms with Gasteiger partial charge in [-0.1, -0.05) is 19.1 Å². The molecule has 2 N–H and O–H groups in total. The van der Waals surface area contributed by atoms with Crippen LogP contribution in [0.25, 0.3) is 0 Å². The first-order chi connectivity index (χ1) is 8.33. The molecule has 0 aliphatic rings. The van der Waals surface area contributed by atoms with Crippen LogP contribution in [0.4, 0.5) is 5.69 Å². The molecule has 90 valence electrons. The number of benzene rings is 1. The van der Waals surface area contributed by atoms with Gasteiger partial charge in [-0.15, -0.1) is 0 Å². The minimum atomic E-state index is 0.0626. The molecule has 1 aromatic carbocycles. The zero-order valence-corrected chi connectivity index (χ0v) is 9.89. The summed E-state index contributed by atoms with van der Waals surface area (Å²) in [5.74, 6) is 0.932. The fraction of sp³-hybridized carbons (Fsp3) is 0.286. The lowest BCUT2D eigenvalue weighted by Gasteiger charge is -2.16. The predicted molar refractivity (Wildman–Crippen MR) is 67.7 cm³/mol. The maximum atomic E-state index is 9.09. The molecule has 0 spiro atoms. The Labute approximate surface area is 101 Å². The van der Waals surface area contributed by atoms with Crippen molar-refractivity contribution in [2.45, 2.75) is 26.0 Å². The van der Waals surface area contributed by atoms with Gasteiger partial charge in [0.15, 0.2) is 0 Å². The number of anilines is 1. The molecule has 17 heavy (non-hydrogen) atoms. The van der Waals surface area contributed by atoms with Crippen LogP contribution in [-0.4, -0.2) is 5.11 Å². The fourth-order valence-electron chi connectivity index (χ4n) is 1.82. The van der Waals surface area contributed by atoms with Crippen LogP contribution in [0.3, 0.4) is 0 Å². The van der Waals surface area contributed by atoms with Crippen LogP contribution in [-0.2, 0) is 6.61 Å². The van der Waals surface area contributed by atoms with Gasteiger partial charge in [0, 0.05) is 5.69 Å². The molecule has 0 fully saturated rings. The van der Waals surface area contributed by atoms with Gasteiger partial charge in [0.2, 0.25) is 0 Å². The van der Waals surface area contributed by atoms with Crippen LogP contribution in [0.1, 0.15) is 30.7 Å². The van der Waals surface area contributed by atoms with E-state index >= 15 is 0 Å². The number of furan rings is 1. The minimum absolute atomic E-state index is 0.0626. The average Bonchev–Trinajstić information content (AvgIpc) is 2.90. The highest BCUT2D eigenvalue weighted by Crippen LogP contribution is 2.23. The minimum Gasteiger partial charge on any atom is -0.467 e. The average molecular weight is 231 g/mol. The third-order valence-electron chi connectivity index (χ3n) is 2.75. The molecule has 1 unspecified atom stereocenters. The first-order valence-corrected chi connectivity index (χ1v) is 5.83. The van der Waals surface area contributed by atoms with E-state index < -0.39 is 0 Å². The topological polar surface area (TPSA) is 45.4 Å². The van der Waals surface area contributed by atoms with Crippen molar-refractivity contribution in [1.29, 1.82) is 0 Å². The van der Waals surface area contributed by atoms with Gasteiger partial charge in [0.1, 0.15) is 5.76 Å². The molecule has 2 rings (SSSR count). The van der Waals surface area contributed by atoms with E-state index in [2.05, 4.69) is 12.2 Å². The quantitative estimate of drug-likeness (QED) is 0.829.